The van der Waals surface area contributed by atoms with Gasteiger partial charge < -0.3 is 15.0 Å². The van der Waals surface area contributed by atoms with Crippen molar-refractivity contribution in [2.45, 2.75) is 19.8 Å². The van der Waals surface area contributed by atoms with Crippen LogP contribution in [0.15, 0.2) is 28.8 Å². The summed E-state index contributed by atoms with van der Waals surface area (Å²) in [5.74, 6) is 1.94. The van der Waals surface area contributed by atoms with Crippen molar-refractivity contribution in [3.8, 4) is 17.1 Å². The molecular weight excluding hydrogens is 216 g/mol. The van der Waals surface area contributed by atoms with E-state index in [-0.39, 0.29) is 0 Å². The van der Waals surface area contributed by atoms with Crippen molar-refractivity contribution in [3.63, 3.8) is 0 Å². The van der Waals surface area contributed by atoms with E-state index in [2.05, 4.69) is 12.1 Å². The van der Waals surface area contributed by atoms with Gasteiger partial charge in [-0.3, -0.25) is 0 Å². The molecule has 2 rings (SSSR count). The Kier molecular flexibility index (Phi) is 3.32. The maximum Gasteiger partial charge on any atom is 0.175 e. The zero-order chi connectivity index (χ0) is 12.3. The number of hydrogen-bond donors (Lipinski definition) is 1. The van der Waals surface area contributed by atoms with Crippen LogP contribution in [0.3, 0.4) is 0 Å². The summed E-state index contributed by atoms with van der Waals surface area (Å²) in [6.45, 7) is 2.10. The van der Waals surface area contributed by atoms with Gasteiger partial charge in [-0.15, -0.1) is 0 Å². The van der Waals surface area contributed by atoms with Crippen LogP contribution in [0.4, 0.5) is 5.82 Å². The largest absolute Gasteiger partial charge is 0.496 e. The number of nitrogen functional groups attached to an aromatic ring is 1. The van der Waals surface area contributed by atoms with Gasteiger partial charge >= 0.3 is 0 Å². The summed E-state index contributed by atoms with van der Waals surface area (Å²) in [5.41, 5.74) is 7.66. The normalized spacial score (nSPS) is 10.5. The van der Waals surface area contributed by atoms with Crippen LogP contribution in [0, 0.1) is 0 Å². The third-order valence-corrected chi connectivity index (χ3v) is 2.67. The third kappa shape index (κ3) is 2.11. The maximum atomic E-state index is 5.81. The Morgan fingerprint density at radius 3 is 2.82 bits per heavy atom. The molecule has 0 atom stereocenters. The lowest BCUT2D eigenvalue weighted by Crippen LogP contribution is -1.94. The van der Waals surface area contributed by atoms with E-state index < -0.39 is 0 Å². The monoisotopic (exact) mass is 232 g/mol. The summed E-state index contributed by atoms with van der Waals surface area (Å²) in [7, 11) is 1.64. The van der Waals surface area contributed by atoms with Crippen molar-refractivity contribution in [3.05, 3.63) is 29.8 Å². The first-order valence-electron chi connectivity index (χ1n) is 5.65. The number of anilines is 1. The number of nitrogens with zero attached hydrogens (tertiary/aromatic N) is 1. The highest BCUT2D eigenvalue weighted by Crippen LogP contribution is 2.34. The molecule has 0 aliphatic carbocycles. The Balaban J connectivity index is 2.52. The summed E-state index contributed by atoms with van der Waals surface area (Å²) < 4.78 is 10.6. The van der Waals surface area contributed by atoms with Crippen molar-refractivity contribution < 1.29 is 9.26 Å². The lowest BCUT2D eigenvalue weighted by molar-refractivity contribution is 0.406. The highest BCUT2D eigenvalue weighted by Gasteiger charge is 2.17. The Bertz CT molecular complexity index is 506. The summed E-state index contributed by atoms with van der Waals surface area (Å²) in [6.07, 6.45) is 1.84. The third-order valence-electron chi connectivity index (χ3n) is 2.67. The van der Waals surface area contributed by atoms with Gasteiger partial charge in [-0.1, -0.05) is 30.6 Å². The molecule has 1 heterocycles. The molecule has 0 radical (unpaired) electrons. The number of benzene rings is 1. The molecule has 0 spiro atoms. The minimum Gasteiger partial charge on any atom is -0.496 e. The van der Waals surface area contributed by atoms with E-state index in [1.54, 1.807) is 7.11 Å². The number of hydrogen-bond acceptors (Lipinski definition) is 4. The van der Waals surface area contributed by atoms with Gasteiger partial charge in [-0.2, -0.15) is 0 Å². The van der Waals surface area contributed by atoms with Gasteiger partial charge in [0.15, 0.2) is 11.6 Å². The predicted molar refractivity (Wildman–Crippen MR) is 66.9 cm³/mol. The lowest BCUT2D eigenvalue weighted by atomic mass is 10.0. The quantitative estimate of drug-likeness (QED) is 0.880. The van der Waals surface area contributed by atoms with Gasteiger partial charge in [-0.05, 0) is 18.6 Å². The highest BCUT2D eigenvalue weighted by molar-refractivity contribution is 5.71. The molecule has 1 aromatic heterocycles. The van der Waals surface area contributed by atoms with Gasteiger partial charge in [0.25, 0.3) is 0 Å². The van der Waals surface area contributed by atoms with Crippen LogP contribution in [-0.4, -0.2) is 12.3 Å². The zero-order valence-electron chi connectivity index (χ0n) is 10.1. The van der Waals surface area contributed by atoms with Crippen molar-refractivity contribution in [2.24, 2.45) is 0 Å². The fraction of sp³-hybridized carbons (Fsp3) is 0.308. The standard InChI is InChI=1S/C13H16N2O2/c1-3-6-10-12(17-15-13(10)14)9-7-4-5-8-11(9)16-2/h4-5,7-8H,3,6H2,1-2H3,(H2,14,15). The van der Waals surface area contributed by atoms with Crippen LogP contribution in [0.2, 0.25) is 0 Å². The molecule has 0 unspecified atom stereocenters. The van der Waals surface area contributed by atoms with Gasteiger partial charge in [0, 0.05) is 5.56 Å². The van der Waals surface area contributed by atoms with Crippen LogP contribution in [0.25, 0.3) is 11.3 Å². The van der Waals surface area contributed by atoms with Gasteiger partial charge in [0.05, 0.1) is 12.7 Å². The molecule has 4 nitrogen and oxygen atoms in total. The predicted octanol–water partition coefficient (Wildman–Crippen LogP) is 2.88. The first-order valence-corrected chi connectivity index (χ1v) is 5.65. The maximum absolute atomic E-state index is 5.81. The topological polar surface area (TPSA) is 61.3 Å². The number of methoxy groups -OCH3 is 1. The molecule has 90 valence electrons. The zero-order valence-corrected chi connectivity index (χ0v) is 10.1. The number of rotatable bonds is 4. The molecule has 0 fully saturated rings. The van der Waals surface area contributed by atoms with Crippen molar-refractivity contribution in [1.82, 2.24) is 5.16 Å². The molecule has 4 heteroatoms. The second-order valence-corrected chi connectivity index (χ2v) is 3.83. The van der Waals surface area contributed by atoms with E-state index in [9.17, 15) is 0 Å². The highest BCUT2D eigenvalue weighted by atomic mass is 16.5. The number of ether oxygens (including phenoxy) is 1. The van der Waals surface area contributed by atoms with Crippen LogP contribution in [0.5, 0.6) is 5.75 Å². The molecule has 1 aromatic carbocycles. The molecule has 0 amide bonds. The smallest absolute Gasteiger partial charge is 0.175 e. The summed E-state index contributed by atoms with van der Waals surface area (Å²) >= 11 is 0. The average Bonchev–Trinajstić information content (AvgIpc) is 2.72. The van der Waals surface area contributed by atoms with E-state index in [1.165, 1.54) is 0 Å². The lowest BCUT2D eigenvalue weighted by Gasteiger charge is -2.06. The van der Waals surface area contributed by atoms with E-state index >= 15 is 0 Å². The van der Waals surface area contributed by atoms with Gasteiger partial charge in [0.2, 0.25) is 0 Å². The average molecular weight is 232 g/mol. The fourth-order valence-corrected chi connectivity index (χ4v) is 1.86. The Hall–Kier alpha value is -1.97. The molecule has 17 heavy (non-hydrogen) atoms. The molecule has 0 saturated heterocycles. The van der Waals surface area contributed by atoms with Crippen LogP contribution >= 0.6 is 0 Å². The van der Waals surface area contributed by atoms with Crippen LogP contribution < -0.4 is 10.5 Å². The number of aromatic nitrogens is 1. The van der Waals surface area contributed by atoms with Gasteiger partial charge in [-0.25, -0.2) is 0 Å². The second-order valence-electron chi connectivity index (χ2n) is 3.83. The second kappa shape index (κ2) is 4.91. The summed E-state index contributed by atoms with van der Waals surface area (Å²) in [6, 6.07) is 7.69. The minimum atomic E-state index is 0.466. The van der Waals surface area contributed by atoms with Crippen molar-refractivity contribution in [2.75, 3.05) is 12.8 Å². The van der Waals surface area contributed by atoms with E-state index in [0.29, 0.717) is 11.6 Å². The van der Waals surface area contributed by atoms with Gasteiger partial charge in [0.1, 0.15) is 5.75 Å². The molecule has 0 aliphatic rings. The number of para-hydroxylation sites is 1. The van der Waals surface area contributed by atoms with Crippen LogP contribution in [0.1, 0.15) is 18.9 Å². The molecule has 0 bridgehead atoms. The Labute approximate surface area is 100 Å². The van der Waals surface area contributed by atoms with E-state index in [1.807, 2.05) is 24.3 Å². The number of nitrogens with two attached hydrogens (primary N) is 1. The Morgan fingerprint density at radius 2 is 2.12 bits per heavy atom. The molecule has 2 N–H and O–H groups in total. The van der Waals surface area contributed by atoms with Crippen molar-refractivity contribution >= 4 is 5.82 Å². The Morgan fingerprint density at radius 1 is 1.35 bits per heavy atom. The fourth-order valence-electron chi connectivity index (χ4n) is 1.86. The minimum absolute atomic E-state index is 0.466. The first-order chi connectivity index (χ1) is 8.27. The summed E-state index contributed by atoms with van der Waals surface area (Å²) in [5, 5.41) is 3.83. The molecule has 0 aliphatic heterocycles. The van der Waals surface area contributed by atoms with Crippen LogP contribution in [-0.2, 0) is 6.42 Å². The molecular formula is C13H16N2O2. The van der Waals surface area contributed by atoms with E-state index in [4.69, 9.17) is 15.0 Å². The van der Waals surface area contributed by atoms with Crippen molar-refractivity contribution in [1.29, 1.82) is 0 Å². The molecule has 0 saturated carbocycles. The summed E-state index contributed by atoms with van der Waals surface area (Å²) in [4.78, 5) is 0. The first kappa shape index (κ1) is 11.5. The van der Waals surface area contributed by atoms with E-state index in [0.717, 1.165) is 29.7 Å². The SMILES string of the molecule is CCCc1c(N)noc1-c1ccccc1OC. The molecule has 2 aromatic rings.